The van der Waals surface area contributed by atoms with Gasteiger partial charge in [0.2, 0.25) is 0 Å². The van der Waals surface area contributed by atoms with Crippen LogP contribution in [-0.2, 0) is 15.9 Å². The Bertz CT molecular complexity index is 1030. The molecule has 2 aromatic carbocycles. The molecule has 0 atom stereocenters. The van der Waals surface area contributed by atoms with Crippen molar-refractivity contribution in [1.82, 2.24) is 5.01 Å². The normalized spacial score (nSPS) is 13.9. The molecule has 0 spiro atoms. The summed E-state index contributed by atoms with van der Waals surface area (Å²) in [6, 6.07) is 14.9. The van der Waals surface area contributed by atoms with Crippen molar-refractivity contribution in [2.24, 2.45) is 4.99 Å². The van der Waals surface area contributed by atoms with Gasteiger partial charge in [-0.1, -0.05) is 43.3 Å². The molecule has 32 heavy (non-hydrogen) atoms. The molecule has 2 amide bonds. The topological polar surface area (TPSA) is 71.4 Å². The van der Waals surface area contributed by atoms with Crippen LogP contribution in [0.25, 0.3) is 0 Å². The van der Waals surface area contributed by atoms with Crippen molar-refractivity contribution < 1.29 is 19.1 Å². The third-order valence-electron chi connectivity index (χ3n) is 4.47. The minimum absolute atomic E-state index is 0.280. The highest BCUT2D eigenvalue weighted by Crippen LogP contribution is 2.38. The zero-order chi connectivity index (χ0) is 23.7. The smallest absolute Gasteiger partial charge is 0.436 e. The average molecular weight is 438 g/mol. The average Bonchev–Trinajstić information content (AvgIpc) is 2.69. The maximum atomic E-state index is 13.4. The zero-order valence-corrected chi connectivity index (χ0v) is 19.8. The lowest BCUT2D eigenvalue weighted by Gasteiger charge is -2.39. The lowest BCUT2D eigenvalue weighted by Crippen LogP contribution is -2.57. The molecule has 1 aliphatic heterocycles. The standard InChI is InChI=1S/C25H31N3O4/c1-8-17-14-15-19-20(16-17)27(22(29)31-24(2,3)4)28(23(30)32-25(5,6)7)21(26-19)18-12-10-9-11-13-18/h9-16H,8H2,1-7H3. The Balaban J connectivity index is 2.24. The van der Waals surface area contributed by atoms with Gasteiger partial charge in [0, 0.05) is 5.56 Å². The second-order valence-corrected chi connectivity index (χ2v) is 9.56. The molecule has 0 fully saturated rings. The molecule has 2 aromatic rings. The van der Waals surface area contributed by atoms with Gasteiger partial charge in [-0.3, -0.25) is 0 Å². The Morgan fingerprint density at radius 3 is 1.94 bits per heavy atom. The molecule has 1 heterocycles. The van der Waals surface area contributed by atoms with Gasteiger partial charge in [-0.25, -0.2) is 14.6 Å². The number of ether oxygens (including phenoxy) is 2. The van der Waals surface area contributed by atoms with Gasteiger partial charge in [0.05, 0.1) is 11.4 Å². The molecule has 0 N–H and O–H groups in total. The summed E-state index contributed by atoms with van der Waals surface area (Å²) in [5.41, 5.74) is 1.15. The highest BCUT2D eigenvalue weighted by atomic mass is 16.6. The van der Waals surface area contributed by atoms with Crippen LogP contribution in [0, 0.1) is 0 Å². The molecule has 0 saturated carbocycles. The van der Waals surface area contributed by atoms with E-state index in [0.29, 0.717) is 16.9 Å². The molecule has 0 bridgehead atoms. The van der Waals surface area contributed by atoms with Crippen LogP contribution in [0.1, 0.15) is 59.6 Å². The number of carbonyl (C=O) groups excluding carboxylic acids is 2. The zero-order valence-electron chi connectivity index (χ0n) is 19.8. The summed E-state index contributed by atoms with van der Waals surface area (Å²) >= 11 is 0. The van der Waals surface area contributed by atoms with Gasteiger partial charge in [0.25, 0.3) is 0 Å². The molecular formula is C25H31N3O4. The van der Waals surface area contributed by atoms with Gasteiger partial charge in [-0.15, -0.1) is 0 Å². The van der Waals surface area contributed by atoms with Crippen molar-refractivity contribution in [3.05, 3.63) is 59.7 Å². The minimum Gasteiger partial charge on any atom is -0.442 e. The first-order valence-electron chi connectivity index (χ1n) is 10.7. The fraction of sp³-hybridized carbons (Fsp3) is 0.400. The molecular weight excluding hydrogens is 406 g/mol. The second kappa shape index (κ2) is 8.65. The number of benzene rings is 2. The Hall–Kier alpha value is -3.35. The van der Waals surface area contributed by atoms with Crippen molar-refractivity contribution in [2.75, 3.05) is 5.01 Å². The number of amidine groups is 1. The van der Waals surface area contributed by atoms with Gasteiger partial charge in [0.15, 0.2) is 5.84 Å². The van der Waals surface area contributed by atoms with E-state index in [-0.39, 0.29) is 5.84 Å². The maximum absolute atomic E-state index is 13.4. The fourth-order valence-electron chi connectivity index (χ4n) is 3.15. The third-order valence-corrected chi connectivity index (χ3v) is 4.47. The van der Waals surface area contributed by atoms with Crippen molar-refractivity contribution in [2.45, 2.75) is 66.1 Å². The third kappa shape index (κ3) is 5.28. The summed E-state index contributed by atoms with van der Waals surface area (Å²) < 4.78 is 11.4. The predicted molar refractivity (Wildman–Crippen MR) is 125 cm³/mol. The quantitative estimate of drug-likeness (QED) is 0.558. The van der Waals surface area contributed by atoms with E-state index < -0.39 is 23.4 Å². The number of nitrogens with zero attached hydrogens (tertiary/aromatic N) is 3. The van der Waals surface area contributed by atoms with Crippen LogP contribution in [-0.4, -0.2) is 34.2 Å². The second-order valence-electron chi connectivity index (χ2n) is 9.56. The van der Waals surface area contributed by atoms with Gasteiger partial charge in [-0.05, 0) is 65.7 Å². The number of fused-ring (bicyclic) bond motifs is 1. The molecule has 1 aliphatic rings. The van der Waals surface area contributed by atoms with E-state index in [9.17, 15) is 9.59 Å². The summed E-state index contributed by atoms with van der Waals surface area (Å²) in [6.45, 7) is 12.7. The number of rotatable bonds is 2. The van der Waals surface area contributed by atoms with E-state index in [1.165, 1.54) is 5.01 Å². The molecule has 7 heteroatoms. The summed E-state index contributed by atoms with van der Waals surface area (Å²) in [5.74, 6) is 0.280. The number of aryl methyl sites for hydroxylation is 1. The van der Waals surface area contributed by atoms with E-state index in [2.05, 4.69) is 0 Å². The highest BCUT2D eigenvalue weighted by molar-refractivity contribution is 6.14. The van der Waals surface area contributed by atoms with Gasteiger partial charge in [-0.2, -0.15) is 10.0 Å². The van der Waals surface area contributed by atoms with Crippen molar-refractivity contribution in [1.29, 1.82) is 0 Å². The summed E-state index contributed by atoms with van der Waals surface area (Å²) in [6.07, 6.45) is -0.656. The molecule has 0 aromatic heterocycles. The van der Waals surface area contributed by atoms with E-state index in [0.717, 1.165) is 17.0 Å². The number of carbonyl (C=O) groups is 2. The van der Waals surface area contributed by atoms with Crippen LogP contribution >= 0.6 is 0 Å². The van der Waals surface area contributed by atoms with Gasteiger partial charge < -0.3 is 9.47 Å². The van der Waals surface area contributed by atoms with Crippen molar-refractivity contribution >= 4 is 29.4 Å². The van der Waals surface area contributed by atoms with Gasteiger partial charge >= 0.3 is 12.2 Å². The minimum atomic E-state index is -0.774. The lowest BCUT2D eigenvalue weighted by molar-refractivity contribution is 0.0256. The Kier molecular flexibility index (Phi) is 6.30. The largest absolute Gasteiger partial charge is 0.442 e. The number of amides is 2. The molecule has 0 unspecified atom stereocenters. The predicted octanol–water partition coefficient (Wildman–Crippen LogP) is 6.23. The lowest BCUT2D eigenvalue weighted by atomic mass is 10.1. The molecule has 0 saturated heterocycles. The van der Waals surface area contributed by atoms with Crippen LogP contribution in [0.15, 0.2) is 53.5 Å². The van der Waals surface area contributed by atoms with E-state index in [4.69, 9.17) is 14.5 Å². The van der Waals surface area contributed by atoms with Gasteiger partial charge in [0.1, 0.15) is 11.2 Å². The SMILES string of the molecule is CCc1ccc2c(c1)N(C(=O)OC(C)(C)C)N(C(=O)OC(C)(C)C)C(c1ccccc1)=N2. The Labute approximate surface area is 189 Å². The number of anilines is 1. The monoisotopic (exact) mass is 437 g/mol. The molecule has 0 radical (unpaired) electrons. The Morgan fingerprint density at radius 1 is 0.844 bits per heavy atom. The number of hydrogen-bond acceptors (Lipinski definition) is 5. The number of hydrazine groups is 1. The number of aliphatic imine (C=N–C) groups is 1. The number of hydrogen-bond donors (Lipinski definition) is 0. The molecule has 0 aliphatic carbocycles. The summed E-state index contributed by atoms with van der Waals surface area (Å²) in [4.78, 5) is 31.6. The molecule has 170 valence electrons. The molecule has 3 rings (SSSR count). The van der Waals surface area contributed by atoms with Crippen LogP contribution < -0.4 is 5.01 Å². The van der Waals surface area contributed by atoms with Crippen LogP contribution in [0.3, 0.4) is 0 Å². The summed E-state index contributed by atoms with van der Waals surface area (Å²) in [7, 11) is 0. The highest BCUT2D eigenvalue weighted by Gasteiger charge is 2.41. The maximum Gasteiger partial charge on any atom is 0.436 e. The Morgan fingerprint density at radius 2 is 1.41 bits per heavy atom. The van der Waals surface area contributed by atoms with Crippen molar-refractivity contribution in [3.8, 4) is 0 Å². The first-order chi connectivity index (χ1) is 14.9. The van der Waals surface area contributed by atoms with E-state index >= 15 is 0 Å². The van der Waals surface area contributed by atoms with Crippen LogP contribution in [0.2, 0.25) is 0 Å². The fourth-order valence-corrected chi connectivity index (χ4v) is 3.15. The first-order valence-corrected chi connectivity index (χ1v) is 10.7. The van der Waals surface area contributed by atoms with E-state index in [1.807, 2.05) is 55.5 Å². The van der Waals surface area contributed by atoms with Crippen LogP contribution in [0.4, 0.5) is 21.0 Å². The summed E-state index contributed by atoms with van der Waals surface area (Å²) in [5, 5.41) is 2.39. The van der Waals surface area contributed by atoms with Crippen molar-refractivity contribution in [3.63, 3.8) is 0 Å². The van der Waals surface area contributed by atoms with Crippen LogP contribution in [0.5, 0.6) is 0 Å². The van der Waals surface area contributed by atoms with E-state index in [1.54, 1.807) is 41.5 Å². The molecule has 7 nitrogen and oxygen atoms in total. The first kappa shape index (κ1) is 23.3.